The standard InChI is InChI=1S/C14H18BrN3O3/c15-9-5-3-4-8(13(19)20)12(9)18-14(21)17-11-7-2-1-6-10(11)16/h3-5,10-11H,1-2,6-7,16H2,(H,19,20)(H2,17,18,21). The van der Waals surface area contributed by atoms with Crippen molar-refractivity contribution in [2.75, 3.05) is 5.32 Å². The number of hydrogen-bond acceptors (Lipinski definition) is 3. The zero-order valence-electron chi connectivity index (χ0n) is 11.4. The van der Waals surface area contributed by atoms with Crippen molar-refractivity contribution >= 4 is 33.6 Å². The van der Waals surface area contributed by atoms with Gasteiger partial charge in [0.05, 0.1) is 11.3 Å². The van der Waals surface area contributed by atoms with Gasteiger partial charge in [0, 0.05) is 16.6 Å². The van der Waals surface area contributed by atoms with Gasteiger partial charge in [-0.05, 0) is 40.9 Å². The lowest BCUT2D eigenvalue weighted by atomic mass is 9.91. The smallest absolute Gasteiger partial charge is 0.337 e. The molecule has 1 aliphatic rings. The lowest BCUT2D eigenvalue weighted by molar-refractivity contribution is 0.0698. The molecule has 0 saturated heterocycles. The summed E-state index contributed by atoms with van der Waals surface area (Å²) in [5.41, 5.74) is 6.26. The van der Waals surface area contributed by atoms with Gasteiger partial charge in [0.15, 0.2) is 0 Å². The van der Waals surface area contributed by atoms with Gasteiger partial charge in [-0.25, -0.2) is 9.59 Å². The Balaban J connectivity index is 2.07. The zero-order valence-corrected chi connectivity index (χ0v) is 13.0. The van der Waals surface area contributed by atoms with Crippen molar-refractivity contribution in [2.24, 2.45) is 5.73 Å². The van der Waals surface area contributed by atoms with Crippen LogP contribution in [0, 0.1) is 0 Å². The van der Waals surface area contributed by atoms with Gasteiger partial charge in [-0.15, -0.1) is 0 Å². The molecule has 2 atom stereocenters. The van der Waals surface area contributed by atoms with Crippen LogP contribution in [0.3, 0.4) is 0 Å². The summed E-state index contributed by atoms with van der Waals surface area (Å²) in [6.07, 6.45) is 3.85. The van der Waals surface area contributed by atoms with Crippen molar-refractivity contribution < 1.29 is 14.7 Å². The average molecular weight is 356 g/mol. The molecule has 21 heavy (non-hydrogen) atoms. The lowest BCUT2D eigenvalue weighted by Crippen LogP contribution is -2.50. The van der Waals surface area contributed by atoms with Crippen molar-refractivity contribution in [1.82, 2.24) is 5.32 Å². The second-order valence-electron chi connectivity index (χ2n) is 5.12. The van der Waals surface area contributed by atoms with Gasteiger partial charge in [-0.1, -0.05) is 18.9 Å². The summed E-state index contributed by atoms with van der Waals surface area (Å²) in [6, 6.07) is 4.15. The Morgan fingerprint density at radius 3 is 2.67 bits per heavy atom. The molecule has 0 aliphatic heterocycles. The van der Waals surface area contributed by atoms with Crippen LogP contribution in [0.4, 0.5) is 10.5 Å². The largest absolute Gasteiger partial charge is 0.478 e. The average Bonchev–Trinajstić information content (AvgIpc) is 2.43. The van der Waals surface area contributed by atoms with Crippen molar-refractivity contribution in [2.45, 2.75) is 37.8 Å². The summed E-state index contributed by atoms with van der Waals surface area (Å²) < 4.78 is 0.519. The van der Waals surface area contributed by atoms with E-state index >= 15 is 0 Å². The first-order valence-electron chi connectivity index (χ1n) is 6.84. The second-order valence-corrected chi connectivity index (χ2v) is 5.98. The highest BCUT2D eigenvalue weighted by molar-refractivity contribution is 9.10. The molecule has 1 aromatic carbocycles. The third-order valence-corrected chi connectivity index (χ3v) is 4.28. The van der Waals surface area contributed by atoms with Gasteiger partial charge in [-0.3, -0.25) is 0 Å². The van der Waals surface area contributed by atoms with Crippen LogP contribution in [0.2, 0.25) is 0 Å². The van der Waals surface area contributed by atoms with E-state index in [2.05, 4.69) is 26.6 Å². The third kappa shape index (κ3) is 3.95. The normalized spacial score (nSPS) is 21.6. The topological polar surface area (TPSA) is 104 Å². The van der Waals surface area contributed by atoms with E-state index in [9.17, 15) is 9.59 Å². The van der Waals surface area contributed by atoms with E-state index in [1.165, 1.54) is 6.07 Å². The molecule has 0 heterocycles. The van der Waals surface area contributed by atoms with Gasteiger partial charge in [-0.2, -0.15) is 0 Å². The molecule has 1 aromatic rings. The number of carbonyl (C=O) groups excluding carboxylic acids is 1. The highest BCUT2D eigenvalue weighted by atomic mass is 79.9. The minimum absolute atomic E-state index is 0.0347. The number of anilines is 1. The minimum atomic E-state index is -1.10. The molecule has 7 heteroatoms. The molecular weight excluding hydrogens is 338 g/mol. The summed E-state index contributed by atoms with van der Waals surface area (Å²) >= 11 is 3.25. The maximum atomic E-state index is 12.1. The summed E-state index contributed by atoms with van der Waals surface area (Å²) in [4.78, 5) is 23.2. The molecule has 2 amide bonds. The van der Waals surface area contributed by atoms with Crippen LogP contribution < -0.4 is 16.4 Å². The van der Waals surface area contributed by atoms with Gasteiger partial charge in [0.25, 0.3) is 0 Å². The van der Waals surface area contributed by atoms with Crippen LogP contribution in [-0.2, 0) is 0 Å². The Kier molecular flexibility index (Phi) is 5.19. The predicted octanol–water partition coefficient (Wildman–Crippen LogP) is 2.54. The van der Waals surface area contributed by atoms with E-state index in [4.69, 9.17) is 10.8 Å². The number of amides is 2. The molecule has 1 fully saturated rings. The fraction of sp³-hybridized carbons (Fsp3) is 0.429. The monoisotopic (exact) mass is 355 g/mol. The van der Waals surface area contributed by atoms with Gasteiger partial charge in [0.1, 0.15) is 0 Å². The van der Waals surface area contributed by atoms with Gasteiger partial charge < -0.3 is 21.5 Å². The molecule has 0 spiro atoms. The number of rotatable bonds is 3. The van der Waals surface area contributed by atoms with E-state index in [1.807, 2.05) is 0 Å². The molecule has 2 unspecified atom stereocenters. The van der Waals surface area contributed by atoms with Crippen LogP contribution in [0.25, 0.3) is 0 Å². The Hall–Kier alpha value is -1.60. The van der Waals surface area contributed by atoms with E-state index < -0.39 is 12.0 Å². The maximum Gasteiger partial charge on any atom is 0.337 e. The first-order valence-corrected chi connectivity index (χ1v) is 7.63. The third-order valence-electron chi connectivity index (χ3n) is 3.62. The predicted molar refractivity (Wildman–Crippen MR) is 83.5 cm³/mol. The van der Waals surface area contributed by atoms with Gasteiger partial charge in [0.2, 0.25) is 0 Å². The highest BCUT2D eigenvalue weighted by Crippen LogP contribution is 2.26. The van der Waals surface area contributed by atoms with Crippen LogP contribution >= 0.6 is 15.9 Å². The SMILES string of the molecule is NC1CCCCC1NC(=O)Nc1c(Br)cccc1C(=O)O. The highest BCUT2D eigenvalue weighted by Gasteiger charge is 2.24. The molecule has 0 aromatic heterocycles. The number of aromatic carboxylic acids is 1. The van der Waals surface area contributed by atoms with Crippen LogP contribution in [-0.4, -0.2) is 29.2 Å². The number of para-hydroxylation sites is 1. The number of carbonyl (C=O) groups is 2. The number of nitrogens with two attached hydrogens (primary N) is 1. The van der Waals surface area contributed by atoms with Crippen LogP contribution in [0.1, 0.15) is 36.0 Å². The maximum absolute atomic E-state index is 12.1. The minimum Gasteiger partial charge on any atom is -0.478 e. The summed E-state index contributed by atoms with van der Waals surface area (Å²) in [6.45, 7) is 0. The Morgan fingerprint density at radius 2 is 2.00 bits per heavy atom. The second kappa shape index (κ2) is 6.91. The fourth-order valence-corrected chi connectivity index (χ4v) is 2.95. The molecule has 0 radical (unpaired) electrons. The summed E-state index contributed by atoms with van der Waals surface area (Å²) in [5.74, 6) is -1.10. The van der Waals surface area contributed by atoms with Crippen LogP contribution in [0.5, 0.6) is 0 Å². The van der Waals surface area contributed by atoms with Crippen molar-refractivity contribution in [3.8, 4) is 0 Å². The number of carboxylic acids is 1. The molecule has 1 aliphatic carbocycles. The zero-order chi connectivity index (χ0) is 15.4. The molecule has 0 bridgehead atoms. The van der Waals surface area contributed by atoms with E-state index in [0.29, 0.717) is 4.47 Å². The van der Waals surface area contributed by atoms with Crippen molar-refractivity contribution in [3.05, 3.63) is 28.2 Å². The van der Waals surface area contributed by atoms with Crippen LogP contribution in [0.15, 0.2) is 22.7 Å². The fourth-order valence-electron chi connectivity index (χ4n) is 2.49. The van der Waals surface area contributed by atoms with Gasteiger partial charge >= 0.3 is 12.0 Å². The summed E-state index contributed by atoms with van der Waals surface area (Å²) in [5, 5.41) is 14.6. The Morgan fingerprint density at radius 1 is 1.29 bits per heavy atom. The number of carboxylic acid groups (broad SMARTS) is 1. The number of hydrogen-bond donors (Lipinski definition) is 4. The quantitative estimate of drug-likeness (QED) is 0.668. The molecule has 1 saturated carbocycles. The summed E-state index contributed by atoms with van der Waals surface area (Å²) in [7, 11) is 0. The number of benzene rings is 1. The Bertz CT molecular complexity index is 550. The molecule has 5 N–H and O–H groups in total. The molecular formula is C14H18BrN3O3. The van der Waals surface area contributed by atoms with Crippen molar-refractivity contribution in [3.63, 3.8) is 0 Å². The van der Waals surface area contributed by atoms with E-state index in [1.54, 1.807) is 12.1 Å². The Labute approximate surface area is 131 Å². The molecule has 2 rings (SSSR count). The number of halogens is 1. The first kappa shape index (κ1) is 15.8. The molecule has 114 valence electrons. The number of urea groups is 1. The number of nitrogens with one attached hydrogen (secondary N) is 2. The van der Waals surface area contributed by atoms with E-state index in [-0.39, 0.29) is 23.3 Å². The molecule has 6 nitrogen and oxygen atoms in total. The first-order chi connectivity index (χ1) is 9.99. The van der Waals surface area contributed by atoms with E-state index in [0.717, 1.165) is 25.7 Å². The lowest BCUT2D eigenvalue weighted by Gasteiger charge is -2.29. The van der Waals surface area contributed by atoms with Crippen molar-refractivity contribution in [1.29, 1.82) is 0 Å².